The van der Waals surface area contributed by atoms with Gasteiger partial charge in [-0.1, -0.05) is 26.0 Å². The van der Waals surface area contributed by atoms with E-state index in [4.69, 9.17) is 0 Å². The number of amides is 2. The Bertz CT molecular complexity index is 528. The zero-order valence-electron chi connectivity index (χ0n) is 15.0. The maximum Gasteiger partial charge on any atom is 0.319 e. The molecule has 3 N–H and O–H groups in total. The second kappa shape index (κ2) is 8.89. The number of aliphatic hydroxyl groups excluding tert-OH is 1. The van der Waals surface area contributed by atoms with Crippen LogP contribution in [0.2, 0.25) is 0 Å². The minimum atomic E-state index is -0.511. The predicted molar refractivity (Wildman–Crippen MR) is 98.6 cm³/mol. The van der Waals surface area contributed by atoms with Crippen molar-refractivity contribution in [1.29, 1.82) is 0 Å². The van der Waals surface area contributed by atoms with E-state index in [1.54, 1.807) is 0 Å². The Labute approximate surface area is 144 Å². The number of rotatable bonds is 6. The molecule has 0 aromatic heterocycles. The quantitative estimate of drug-likeness (QED) is 0.744. The third kappa shape index (κ3) is 5.69. The number of nitrogens with zero attached hydrogens (tertiary/aromatic N) is 2. The number of hydrogen-bond donors (Lipinski definition) is 3. The summed E-state index contributed by atoms with van der Waals surface area (Å²) in [5, 5.41) is 15.5. The number of piperazine rings is 1. The summed E-state index contributed by atoms with van der Waals surface area (Å²) < 4.78 is 0. The summed E-state index contributed by atoms with van der Waals surface area (Å²) in [6, 6.07) is 7.58. The second-order valence-corrected chi connectivity index (χ2v) is 6.93. The molecule has 2 rings (SSSR count). The number of para-hydroxylation sites is 2. The highest BCUT2D eigenvalue weighted by Gasteiger charge is 2.18. The lowest BCUT2D eigenvalue weighted by Crippen LogP contribution is -2.45. The molecule has 6 heteroatoms. The number of carbonyl (C=O) groups excluding carboxylic acids is 1. The van der Waals surface area contributed by atoms with E-state index in [2.05, 4.69) is 41.3 Å². The molecule has 0 aliphatic carbocycles. The first-order chi connectivity index (χ1) is 11.5. The lowest BCUT2D eigenvalue weighted by molar-refractivity contribution is 0.148. The van der Waals surface area contributed by atoms with E-state index < -0.39 is 6.10 Å². The summed E-state index contributed by atoms with van der Waals surface area (Å²) in [7, 11) is 2.12. The van der Waals surface area contributed by atoms with E-state index in [-0.39, 0.29) is 12.6 Å². The van der Waals surface area contributed by atoms with Gasteiger partial charge >= 0.3 is 6.03 Å². The van der Waals surface area contributed by atoms with Crippen molar-refractivity contribution in [3.8, 4) is 0 Å². The van der Waals surface area contributed by atoms with Gasteiger partial charge in [0.2, 0.25) is 0 Å². The number of nitrogens with one attached hydrogen (secondary N) is 2. The number of urea groups is 1. The van der Waals surface area contributed by atoms with Gasteiger partial charge < -0.3 is 25.5 Å². The summed E-state index contributed by atoms with van der Waals surface area (Å²) in [5.74, 6) is 0.405. The molecule has 0 saturated carbocycles. The van der Waals surface area contributed by atoms with Crippen LogP contribution < -0.4 is 15.5 Å². The van der Waals surface area contributed by atoms with Crippen LogP contribution in [0, 0.1) is 5.92 Å². The molecule has 134 valence electrons. The van der Waals surface area contributed by atoms with Gasteiger partial charge in [-0.3, -0.25) is 0 Å². The van der Waals surface area contributed by atoms with Gasteiger partial charge in [0, 0.05) is 32.7 Å². The van der Waals surface area contributed by atoms with Crippen molar-refractivity contribution in [3.63, 3.8) is 0 Å². The highest BCUT2D eigenvalue weighted by atomic mass is 16.3. The summed E-state index contributed by atoms with van der Waals surface area (Å²) in [5.41, 5.74) is 1.85. The van der Waals surface area contributed by atoms with Crippen molar-refractivity contribution in [2.24, 2.45) is 5.92 Å². The third-order valence-corrected chi connectivity index (χ3v) is 4.24. The van der Waals surface area contributed by atoms with E-state index >= 15 is 0 Å². The summed E-state index contributed by atoms with van der Waals surface area (Å²) in [6.07, 6.45) is 0.168. The standard InChI is InChI=1S/C18H30N4O2/c1-14(2)12-15(23)13-19-18(24)20-16-6-4-5-7-17(16)22-10-8-21(3)9-11-22/h4-7,14-15,23H,8-13H2,1-3H3,(H2,19,20,24). The Morgan fingerprint density at radius 3 is 2.54 bits per heavy atom. The third-order valence-electron chi connectivity index (χ3n) is 4.24. The Kier molecular flexibility index (Phi) is 6.87. The van der Waals surface area contributed by atoms with E-state index in [0.717, 1.165) is 37.6 Å². The molecule has 2 amide bonds. The van der Waals surface area contributed by atoms with Crippen LogP contribution in [0.15, 0.2) is 24.3 Å². The Balaban J connectivity index is 1.91. The molecule has 1 aliphatic rings. The highest BCUT2D eigenvalue weighted by Crippen LogP contribution is 2.26. The molecule has 6 nitrogen and oxygen atoms in total. The van der Waals surface area contributed by atoms with Crippen molar-refractivity contribution >= 4 is 17.4 Å². The Hall–Kier alpha value is -1.79. The number of benzene rings is 1. The molecule has 0 bridgehead atoms. The Morgan fingerprint density at radius 2 is 1.88 bits per heavy atom. The second-order valence-electron chi connectivity index (χ2n) is 6.93. The molecule has 1 aromatic carbocycles. The molecule has 1 aliphatic heterocycles. The first-order valence-electron chi connectivity index (χ1n) is 8.71. The average Bonchev–Trinajstić information content (AvgIpc) is 2.54. The first kappa shape index (κ1) is 18.5. The molecular weight excluding hydrogens is 304 g/mol. The van der Waals surface area contributed by atoms with Crippen molar-refractivity contribution in [1.82, 2.24) is 10.2 Å². The van der Waals surface area contributed by atoms with Gasteiger partial charge in [0.1, 0.15) is 0 Å². The van der Waals surface area contributed by atoms with Gasteiger partial charge in [0.05, 0.1) is 17.5 Å². The molecule has 1 aromatic rings. The molecule has 1 saturated heterocycles. The van der Waals surface area contributed by atoms with Crippen LogP contribution in [-0.2, 0) is 0 Å². The van der Waals surface area contributed by atoms with Crippen LogP contribution in [0.1, 0.15) is 20.3 Å². The van der Waals surface area contributed by atoms with Gasteiger partial charge in [-0.05, 0) is 31.5 Å². The van der Waals surface area contributed by atoms with Gasteiger partial charge in [0.15, 0.2) is 0 Å². The van der Waals surface area contributed by atoms with E-state index in [1.807, 2.05) is 24.3 Å². The fourth-order valence-corrected chi connectivity index (χ4v) is 2.91. The summed E-state index contributed by atoms with van der Waals surface area (Å²) in [6.45, 7) is 8.30. The zero-order chi connectivity index (χ0) is 17.5. The van der Waals surface area contributed by atoms with Crippen LogP contribution in [0.4, 0.5) is 16.2 Å². The molecule has 1 fully saturated rings. The summed E-state index contributed by atoms with van der Waals surface area (Å²) >= 11 is 0. The Morgan fingerprint density at radius 1 is 1.21 bits per heavy atom. The summed E-state index contributed by atoms with van der Waals surface area (Å²) in [4.78, 5) is 16.7. The molecule has 0 radical (unpaired) electrons. The number of likely N-dealkylation sites (N-methyl/N-ethyl adjacent to an activating group) is 1. The van der Waals surface area contributed by atoms with Gasteiger partial charge in [-0.15, -0.1) is 0 Å². The molecular formula is C18H30N4O2. The zero-order valence-corrected chi connectivity index (χ0v) is 15.0. The van der Waals surface area contributed by atoms with Crippen LogP contribution >= 0.6 is 0 Å². The largest absolute Gasteiger partial charge is 0.391 e. The van der Waals surface area contributed by atoms with Crippen LogP contribution in [-0.4, -0.2) is 61.9 Å². The molecule has 1 unspecified atom stereocenters. The van der Waals surface area contributed by atoms with Crippen molar-refractivity contribution < 1.29 is 9.90 Å². The highest BCUT2D eigenvalue weighted by molar-refractivity contribution is 5.93. The maximum absolute atomic E-state index is 12.1. The molecule has 24 heavy (non-hydrogen) atoms. The monoisotopic (exact) mass is 334 g/mol. The van der Waals surface area contributed by atoms with Gasteiger partial charge in [-0.25, -0.2) is 4.79 Å². The van der Waals surface area contributed by atoms with Gasteiger partial charge in [-0.2, -0.15) is 0 Å². The van der Waals surface area contributed by atoms with E-state index in [1.165, 1.54) is 0 Å². The number of carbonyl (C=O) groups is 1. The fourth-order valence-electron chi connectivity index (χ4n) is 2.91. The number of anilines is 2. The lowest BCUT2D eigenvalue weighted by atomic mass is 10.1. The van der Waals surface area contributed by atoms with Crippen LogP contribution in [0.5, 0.6) is 0 Å². The van der Waals surface area contributed by atoms with Crippen LogP contribution in [0.25, 0.3) is 0 Å². The number of hydrogen-bond acceptors (Lipinski definition) is 4. The van der Waals surface area contributed by atoms with E-state index in [0.29, 0.717) is 12.3 Å². The normalized spacial score (nSPS) is 17.0. The SMILES string of the molecule is CC(C)CC(O)CNC(=O)Nc1ccccc1N1CCN(C)CC1. The molecule has 1 atom stereocenters. The maximum atomic E-state index is 12.1. The smallest absolute Gasteiger partial charge is 0.319 e. The van der Waals surface area contributed by atoms with Crippen molar-refractivity contribution in [2.45, 2.75) is 26.4 Å². The molecule has 0 spiro atoms. The predicted octanol–water partition coefficient (Wildman–Crippen LogP) is 1.97. The minimum absolute atomic E-state index is 0.265. The van der Waals surface area contributed by atoms with E-state index in [9.17, 15) is 9.90 Å². The van der Waals surface area contributed by atoms with Crippen molar-refractivity contribution in [3.05, 3.63) is 24.3 Å². The average molecular weight is 334 g/mol. The fraction of sp³-hybridized carbons (Fsp3) is 0.611. The van der Waals surface area contributed by atoms with Gasteiger partial charge in [0.25, 0.3) is 0 Å². The molecule has 1 heterocycles. The lowest BCUT2D eigenvalue weighted by Gasteiger charge is -2.35. The topological polar surface area (TPSA) is 67.8 Å². The minimum Gasteiger partial charge on any atom is -0.391 e. The van der Waals surface area contributed by atoms with Crippen molar-refractivity contribution in [2.75, 3.05) is 50.0 Å². The van der Waals surface area contributed by atoms with Crippen LogP contribution in [0.3, 0.4) is 0 Å². The number of aliphatic hydroxyl groups is 1. The first-order valence-corrected chi connectivity index (χ1v) is 8.71.